The van der Waals surface area contributed by atoms with Gasteiger partial charge in [-0.1, -0.05) is 12.1 Å². The van der Waals surface area contributed by atoms with Crippen molar-refractivity contribution < 1.29 is 14.6 Å². The van der Waals surface area contributed by atoms with Gasteiger partial charge in [0.1, 0.15) is 5.75 Å². The van der Waals surface area contributed by atoms with Gasteiger partial charge >= 0.3 is 6.09 Å². The molecule has 1 N–H and O–H groups in total. The van der Waals surface area contributed by atoms with E-state index in [4.69, 9.17) is 4.74 Å². The first-order chi connectivity index (χ1) is 10.2. The van der Waals surface area contributed by atoms with Crippen LogP contribution in [0.3, 0.4) is 0 Å². The maximum Gasteiger partial charge on any atom is 0.409 e. The Balaban J connectivity index is 1.64. The van der Waals surface area contributed by atoms with Gasteiger partial charge in [-0.25, -0.2) is 4.79 Å². The Hall–Kier alpha value is -1.75. The average molecular weight is 290 g/mol. The standard InChI is InChI=1S/C16H22N2O3/c1-2-21-16(20)18-10-8-17(9-11-18)14-7-6-13-12(14)4-3-5-15(13)19/h3-5,14,19H,2,6-11H2,1H3. The zero-order valence-electron chi connectivity index (χ0n) is 12.4. The number of carbonyl (C=O) groups excluding carboxylic acids is 1. The molecular weight excluding hydrogens is 268 g/mol. The molecule has 0 saturated carbocycles. The molecule has 1 aromatic rings. The Labute approximate surface area is 125 Å². The first-order valence-corrected chi connectivity index (χ1v) is 7.67. The number of fused-ring (bicyclic) bond motifs is 1. The van der Waals surface area contributed by atoms with E-state index in [2.05, 4.69) is 11.0 Å². The van der Waals surface area contributed by atoms with Gasteiger partial charge in [-0.2, -0.15) is 0 Å². The van der Waals surface area contributed by atoms with Gasteiger partial charge in [0.25, 0.3) is 0 Å². The molecule has 0 radical (unpaired) electrons. The SMILES string of the molecule is CCOC(=O)N1CCN(C2CCc3c(O)cccc32)CC1. The second kappa shape index (κ2) is 5.93. The molecule has 1 aromatic carbocycles. The molecule has 5 heteroatoms. The highest BCUT2D eigenvalue weighted by Crippen LogP contribution is 2.39. The van der Waals surface area contributed by atoms with Crippen LogP contribution in [-0.2, 0) is 11.2 Å². The fourth-order valence-corrected chi connectivity index (χ4v) is 3.42. The van der Waals surface area contributed by atoms with Gasteiger partial charge in [-0.15, -0.1) is 0 Å². The first kappa shape index (κ1) is 14.2. The van der Waals surface area contributed by atoms with E-state index in [1.165, 1.54) is 5.56 Å². The third-order valence-corrected chi connectivity index (χ3v) is 4.50. The highest BCUT2D eigenvalue weighted by molar-refractivity contribution is 5.67. The Morgan fingerprint density at radius 2 is 2.10 bits per heavy atom. The molecule has 1 aliphatic carbocycles. The molecule has 114 valence electrons. The number of hydrogen-bond donors (Lipinski definition) is 1. The monoisotopic (exact) mass is 290 g/mol. The summed E-state index contributed by atoms with van der Waals surface area (Å²) in [6.07, 6.45) is 1.78. The van der Waals surface area contributed by atoms with Crippen molar-refractivity contribution in [1.82, 2.24) is 9.80 Å². The van der Waals surface area contributed by atoms with Crippen molar-refractivity contribution in [3.63, 3.8) is 0 Å². The van der Waals surface area contributed by atoms with Crippen LogP contribution in [0, 0.1) is 0 Å². The van der Waals surface area contributed by atoms with E-state index in [9.17, 15) is 9.90 Å². The molecule has 1 amide bonds. The van der Waals surface area contributed by atoms with E-state index in [1.807, 2.05) is 13.0 Å². The van der Waals surface area contributed by atoms with Gasteiger partial charge in [0.2, 0.25) is 0 Å². The van der Waals surface area contributed by atoms with Crippen LogP contribution in [-0.4, -0.2) is 53.8 Å². The molecule has 0 aromatic heterocycles. The number of rotatable bonds is 2. The number of phenolic OH excluding ortho intramolecular Hbond substituents is 1. The summed E-state index contributed by atoms with van der Waals surface area (Å²) in [7, 11) is 0. The number of carbonyl (C=O) groups is 1. The number of phenols is 1. The molecule has 0 bridgehead atoms. The second-order valence-corrected chi connectivity index (χ2v) is 5.62. The molecule has 1 unspecified atom stereocenters. The first-order valence-electron chi connectivity index (χ1n) is 7.67. The second-order valence-electron chi connectivity index (χ2n) is 5.62. The molecule has 5 nitrogen and oxygen atoms in total. The Morgan fingerprint density at radius 3 is 2.81 bits per heavy atom. The lowest BCUT2D eigenvalue weighted by molar-refractivity contribution is 0.0660. The predicted molar refractivity (Wildman–Crippen MR) is 79.3 cm³/mol. The fourth-order valence-electron chi connectivity index (χ4n) is 3.42. The van der Waals surface area contributed by atoms with Crippen LogP contribution in [0.1, 0.15) is 30.5 Å². The summed E-state index contributed by atoms with van der Waals surface area (Å²) in [6, 6.07) is 6.17. The summed E-state index contributed by atoms with van der Waals surface area (Å²) in [4.78, 5) is 15.9. The molecule has 0 spiro atoms. The van der Waals surface area contributed by atoms with E-state index in [0.717, 1.165) is 31.5 Å². The minimum atomic E-state index is -0.207. The van der Waals surface area contributed by atoms with E-state index in [-0.39, 0.29) is 6.09 Å². The number of ether oxygens (including phenoxy) is 1. The van der Waals surface area contributed by atoms with Crippen molar-refractivity contribution in [3.05, 3.63) is 29.3 Å². The number of hydrogen-bond acceptors (Lipinski definition) is 4. The Kier molecular flexibility index (Phi) is 4.01. The zero-order chi connectivity index (χ0) is 14.8. The highest BCUT2D eigenvalue weighted by atomic mass is 16.6. The molecule has 1 saturated heterocycles. The van der Waals surface area contributed by atoms with Crippen LogP contribution < -0.4 is 0 Å². The van der Waals surface area contributed by atoms with Gasteiger partial charge < -0.3 is 14.7 Å². The molecule has 1 heterocycles. The van der Waals surface area contributed by atoms with Crippen LogP contribution in [0.5, 0.6) is 5.75 Å². The van der Waals surface area contributed by atoms with Crippen molar-refractivity contribution in [2.45, 2.75) is 25.8 Å². The van der Waals surface area contributed by atoms with Crippen molar-refractivity contribution >= 4 is 6.09 Å². The quantitative estimate of drug-likeness (QED) is 0.907. The Morgan fingerprint density at radius 1 is 1.33 bits per heavy atom. The van der Waals surface area contributed by atoms with E-state index in [1.54, 1.807) is 11.0 Å². The third-order valence-electron chi connectivity index (χ3n) is 4.50. The van der Waals surface area contributed by atoms with E-state index < -0.39 is 0 Å². The maximum absolute atomic E-state index is 11.7. The van der Waals surface area contributed by atoms with Crippen LogP contribution in [0.15, 0.2) is 18.2 Å². The van der Waals surface area contributed by atoms with Gasteiger partial charge in [0.15, 0.2) is 0 Å². The topological polar surface area (TPSA) is 53.0 Å². The predicted octanol–water partition coefficient (Wildman–Crippen LogP) is 2.15. The van der Waals surface area contributed by atoms with Gasteiger partial charge in [0.05, 0.1) is 6.61 Å². The van der Waals surface area contributed by atoms with E-state index >= 15 is 0 Å². The highest BCUT2D eigenvalue weighted by Gasteiger charge is 2.32. The third kappa shape index (κ3) is 2.70. The smallest absolute Gasteiger partial charge is 0.409 e. The number of piperazine rings is 1. The lowest BCUT2D eigenvalue weighted by atomic mass is 10.1. The molecule has 21 heavy (non-hydrogen) atoms. The number of nitrogens with zero attached hydrogens (tertiary/aromatic N) is 2. The average Bonchev–Trinajstić information content (AvgIpc) is 2.93. The summed E-state index contributed by atoms with van der Waals surface area (Å²) in [5.74, 6) is 0.417. The van der Waals surface area contributed by atoms with Crippen LogP contribution in [0.4, 0.5) is 4.79 Å². The lowest BCUT2D eigenvalue weighted by Crippen LogP contribution is -2.49. The van der Waals surface area contributed by atoms with Crippen molar-refractivity contribution in [1.29, 1.82) is 0 Å². The summed E-state index contributed by atoms with van der Waals surface area (Å²) >= 11 is 0. The summed E-state index contributed by atoms with van der Waals surface area (Å²) in [5, 5.41) is 9.93. The van der Waals surface area contributed by atoms with Gasteiger partial charge in [0, 0.05) is 32.2 Å². The van der Waals surface area contributed by atoms with E-state index in [0.29, 0.717) is 31.5 Å². The number of amides is 1. The maximum atomic E-state index is 11.7. The molecular formula is C16H22N2O3. The summed E-state index contributed by atoms with van der Waals surface area (Å²) in [5.41, 5.74) is 2.34. The van der Waals surface area contributed by atoms with Gasteiger partial charge in [-0.05, 0) is 37.0 Å². The molecule has 3 rings (SSSR count). The zero-order valence-corrected chi connectivity index (χ0v) is 12.4. The van der Waals surface area contributed by atoms with Crippen LogP contribution in [0.25, 0.3) is 0 Å². The largest absolute Gasteiger partial charge is 0.508 e. The molecule has 1 atom stereocenters. The molecule has 1 fully saturated rings. The van der Waals surface area contributed by atoms with Crippen LogP contribution >= 0.6 is 0 Å². The minimum absolute atomic E-state index is 0.207. The number of benzene rings is 1. The normalized spacial score (nSPS) is 22.1. The van der Waals surface area contributed by atoms with Crippen LogP contribution in [0.2, 0.25) is 0 Å². The van der Waals surface area contributed by atoms with Gasteiger partial charge in [-0.3, -0.25) is 4.90 Å². The molecule has 1 aliphatic heterocycles. The minimum Gasteiger partial charge on any atom is -0.508 e. The van der Waals surface area contributed by atoms with Crippen molar-refractivity contribution in [2.75, 3.05) is 32.8 Å². The Bertz CT molecular complexity index is 524. The lowest BCUT2D eigenvalue weighted by Gasteiger charge is -2.37. The van der Waals surface area contributed by atoms with Crippen molar-refractivity contribution in [2.24, 2.45) is 0 Å². The number of aromatic hydroxyl groups is 1. The van der Waals surface area contributed by atoms with Crippen molar-refractivity contribution in [3.8, 4) is 5.75 Å². The fraction of sp³-hybridized carbons (Fsp3) is 0.562. The summed E-state index contributed by atoms with van der Waals surface area (Å²) in [6.45, 7) is 5.40. The summed E-state index contributed by atoms with van der Waals surface area (Å²) < 4.78 is 5.05. The molecule has 2 aliphatic rings.